The molecule has 1 heterocycles. The van der Waals surface area contributed by atoms with Gasteiger partial charge in [0.25, 0.3) is 0 Å². The van der Waals surface area contributed by atoms with Crippen molar-refractivity contribution in [2.24, 2.45) is 11.1 Å². The first kappa shape index (κ1) is 9.52. The van der Waals surface area contributed by atoms with Crippen molar-refractivity contribution in [1.82, 2.24) is 5.32 Å². The summed E-state index contributed by atoms with van der Waals surface area (Å²) in [6, 6.07) is 0.237. The number of piperidine rings is 1. The minimum Gasteiger partial charge on any atom is -0.351 e. The first-order valence-corrected chi connectivity index (χ1v) is 4.46. The smallest absolute Gasteiger partial charge is 0.220 e. The fraction of sp³-hybridized carbons (Fsp3) is 0.889. The molecule has 0 saturated carbocycles. The topological polar surface area (TPSA) is 55.1 Å². The molecule has 70 valence electrons. The van der Waals surface area contributed by atoms with Gasteiger partial charge in [-0.25, -0.2) is 0 Å². The summed E-state index contributed by atoms with van der Waals surface area (Å²) in [4.78, 5) is 11.1. The zero-order valence-corrected chi connectivity index (χ0v) is 8.05. The fourth-order valence-electron chi connectivity index (χ4n) is 1.68. The van der Waals surface area contributed by atoms with Gasteiger partial charge in [0.15, 0.2) is 0 Å². The van der Waals surface area contributed by atoms with E-state index in [1.165, 1.54) is 0 Å². The number of hydrogen-bond donors (Lipinski definition) is 2. The molecule has 0 aromatic heterocycles. The van der Waals surface area contributed by atoms with Gasteiger partial charge in [0.1, 0.15) is 0 Å². The number of carbonyl (C=O) groups is 1. The molecule has 0 radical (unpaired) electrons. The standard InChI is InChI=1S/C9H18N2O/c1-9(2,3)8-6(10)4-5-7(12)11-8/h6,8H,4-5,10H2,1-3H3,(H,11,12)/t6-,8+/m0/s1. The molecule has 3 N–H and O–H groups in total. The summed E-state index contributed by atoms with van der Waals surface area (Å²) in [5, 5.41) is 2.94. The molecule has 12 heavy (non-hydrogen) atoms. The molecule has 0 aliphatic carbocycles. The van der Waals surface area contributed by atoms with E-state index in [4.69, 9.17) is 5.73 Å². The fourth-order valence-corrected chi connectivity index (χ4v) is 1.68. The van der Waals surface area contributed by atoms with Gasteiger partial charge >= 0.3 is 0 Å². The van der Waals surface area contributed by atoms with Gasteiger partial charge < -0.3 is 11.1 Å². The molecule has 3 heteroatoms. The molecule has 0 bridgehead atoms. The molecule has 0 unspecified atom stereocenters. The van der Waals surface area contributed by atoms with Crippen LogP contribution in [-0.4, -0.2) is 18.0 Å². The van der Waals surface area contributed by atoms with Crippen LogP contribution in [-0.2, 0) is 4.79 Å². The van der Waals surface area contributed by atoms with Crippen LogP contribution < -0.4 is 11.1 Å². The summed E-state index contributed by atoms with van der Waals surface area (Å²) in [6.45, 7) is 6.30. The van der Waals surface area contributed by atoms with Crippen LogP contribution in [0, 0.1) is 5.41 Å². The van der Waals surface area contributed by atoms with Gasteiger partial charge in [-0.05, 0) is 11.8 Å². The molecule has 1 rings (SSSR count). The molecular weight excluding hydrogens is 152 g/mol. The van der Waals surface area contributed by atoms with Crippen LogP contribution in [0.4, 0.5) is 0 Å². The van der Waals surface area contributed by atoms with Crippen molar-refractivity contribution in [2.45, 2.75) is 45.7 Å². The number of nitrogens with two attached hydrogens (primary N) is 1. The third-order valence-electron chi connectivity index (χ3n) is 2.38. The minimum absolute atomic E-state index is 0.0650. The Morgan fingerprint density at radius 1 is 1.50 bits per heavy atom. The third-order valence-corrected chi connectivity index (χ3v) is 2.38. The maximum absolute atomic E-state index is 11.1. The Hall–Kier alpha value is -0.570. The highest BCUT2D eigenvalue weighted by Crippen LogP contribution is 2.25. The molecule has 1 aliphatic heterocycles. The van der Waals surface area contributed by atoms with Crippen LogP contribution >= 0.6 is 0 Å². The summed E-state index contributed by atoms with van der Waals surface area (Å²) in [5.41, 5.74) is 5.98. The Balaban J connectivity index is 2.67. The summed E-state index contributed by atoms with van der Waals surface area (Å²) in [5.74, 6) is 0.136. The molecule has 3 nitrogen and oxygen atoms in total. The summed E-state index contributed by atoms with van der Waals surface area (Å²) < 4.78 is 0. The first-order valence-electron chi connectivity index (χ1n) is 4.46. The lowest BCUT2D eigenvalue weighted by atomic mass is 9.79. The van der Waals surface area contributed by atoms with Gasteiger partial charge in [0, 0.05) is 18.5 Å². The Morgan fingerprint density at radius 3 is 2.50 bits per heavy atom. The molecule has 0 spiro atoms. The van der Waals surface area contributed by atoms with E-state index in [0.717, 1.165) is 6.42 Å². The number of rotatable bonds is 0. The van der Waals surface area contributed by atoms with Crippen LogP contribution in [0.25, 0.3) is 0 Å². The van der Waals surface area contributed by atoms with Gasteiger partial charge in [0.2, 0.25) is 5.91 Å². The zero-order chi connectivity index (χ0) is 9.35. The lowest BCUT2D eigenvalue weighted by Gasteiger charge is -2.38. The molecule has 2 atom stereocenters. The number of amides is 1. The van der Waals surface area contributed by atoms with E-state index < -0.39 is 0 Å². The van der Waals surface area contributed by atoms with Crippen LogP contribution in [0.5, 0.6) is 0 Å². The van der Waals surface area contributed by atoms with Crippen LogP contribution in [0.1, 0.15) is 33.6 Å². The Labute approximate surface area is 73.7 Å². The Bertz CT molecular complexity index is 183. The molecular formula is C9H18N2O. The molecule has 0 aromatic carbocycles. The van der Waals surface area contributed by atoms with E-state index >= 15 is 0 Å². The highest BCUT2D eigenvalue weighted by Gasteiger charge is 2.34. The van der Waals surface area contributed by atoms with E-state index in [1.54, 1.807) is 0 Å². The van der Waals surface area contributed by atoms with E-state index in [1.807, 2.05) is 0 Å². The van der Waals surface area contributed by atoms with Crippen molar-refractivity contribution in [1.29, 1.82) is 0 Å². The highest BCUT2D eigenvalue weighted by molar-refractivity contribution is 5.77. The SMILES string of the molecule is CC(C)(C)[C@@H]1NC(=O)CC[C@@H]1N. The molecule has 1 amide bonds. The predicted octanol–water partition coefficient (Wildman–Crippen LogP) is 0.638. The van der Waals surface area contributed by atoms with Gasteiger partial charge in [-0.15, -0.1) is 0 Å². The molecule has 1 aliphatic rings. The van der Waals surface area contributed by atoms with E-state index in [0.29, 0.717) is 6.42 Å². The van der Waals surface area contributed by atoms with Crippen LogP contribution in [0.15, 0.2) is 0 Å². The molecule has 1 fully saturated rings. The van der Waals surface area contributed by atoms with Crippen molar-refractivity contribution in [2.75, 3.05) is 0 Å². The first-order chi connectivity index (χ1) is 5.41. The van der Waals surface area contributed by atoms with Gasteiger partial charge in [-0.1, -0.05) is 20.8 Å². The van der Waals surface area contributed by atoms with Gasteiger partial charge in [-0.3, -0.25) is 4.79 Å². The Morgan fingerprint density at radius 2 is 2.08 bits per heavy atom. The Kier molecular flexibility index (Phi) is 2.42. The van der Waals surface area contributed by atoms with Crippen molar-refractivity contribution in [3.63, 3.8) is 0 Å². The van der Waals surface area contributed by atoms with Gasteiger partial charge in [-0.2, -0.15) is 0 Å². The lowest BCUT2D eigenvalue weighted by molar-refractivity contribution is -0.124. The van der Waals surface area contributed by atoms with Crippen LogP contribution in [0.3, 0.4) is 0 Å². The van der Waals surface area contributed by atoms with E-state index in [9.17, 15) is 4.79 Å². The summed E-state index contributed by atoms with van der Waals surface area (Å²) in [6.07, 6.45) is 1.39. The van der Waals surface area contributed by atoms with Crippen molar-refractivity contribution in [3.05, 3.63) is 0 Å². The van der Waals surface area contributed by atoms with Crippen LogP contribution in [0.2, 0.25) is 0 Å². The second kappa shape index (κ2) is 3.05. The number of carbonyl (C=O) groups excluding carboxylic acids is 1. The molecule has 1 saturated heterocycles. The quantitative estimate of drug-likeness (QED) is 0.560. The average molecular weight is 170 g/mol. The summed E-state index contributed by atoms with van der Waals surface area (Å²) >= 11 is 0. The largest absolute Gasteiger partial charge is 0.351 e. The minimum atomic E-state index is 0.0650. The molecule has 0 aromatic rings. The van der Waals surface area contributed by atoms with E-state index in [-0.39, 0.29) is 23.4 Å². The normalized spacial score (nSPS) is 31.5. The number of hydrogen-bond acceptors (Lipinski definition) is 2. The highest BCUT2D eigenvalue weighted by atomic mass is 16.1. The van der Waals surface area contributed by atoms with Crippen molar-refractivity contribution in [3.8, 4) is 0 Å². The van der Waals surface area contributed by atoms with Crippen molar-refractivity contribution < 1.29 is 4.79 Å². The second-order valence-corrected chi connectivity index (χ2v) is 4.61. The average Bonchev–Trinajstić information content (AvgIpc) is 1.92. The number of nitrogens with one attached hydrogen (secondary N) is 1. The zero-order valence-electron chi connectivity index (χ0n) is 8.05. The lowest BCUT2D eigenvalue weighted by Crippen LogP contribution is -2.57. The maximum atomic E-state index is 11.1. The van der Waals surface area contributed by atoms with Gasteiger partial charge in [0.05, 0.1) is 0 Å². The second-order valence-electron chi connectivity index (χ2n) is 4.61. The van der Waals surface area contributed by atoms with Crippen molar-refractivity contribution >= 4 is 5.91 Å². The van der Waals surface area contributed by atoms with E-state index in [2.05, 4.69) is 26.1 Å². The predicted molar refractivity (Wildman–Crippen MR) is 48.6 cm³/mol. The summed E-state index contributed by atoms with van der Waals surface area (Å²) in [7, 11) is 0. The monoisotopic (exact) mass is 170 g/mol. The third kappa shape index (κ3) is 1.97. The maximum Gasteiger partial charge on any atom is 0.220 e.